The number of thiazole rings is 1. The van der Waals surface area contributed by atoms with Gasteiger partial charge in [0, 0.05) is 43.9 Å². The molecule has 0 aliphatic carbocycles. The standard InChI is InChI=1S/C58H36N6S/c1-4-17-37(18-5-1)41-33-42(38-19-6-2-7-20-38)35-43(34-41)56-60-55(39-21-8-3-9-22-39)61-58(62-56)64-51-29-14-11-26-46(51)48-32-31-47-45-25-10-13-28-50(45)63(53(47)54(48)64)44-24-16-23-40(36-44)57-59-49-27-12-15-30-52(49)65-57/h1-36H. The van der Waals surface area contributed by atoms with E-state index in [0.29, 0.717) is 17.6 Å². The Morgan fingerprint density at radius 1 is 0.323 bits per heavy atom. The Morgan fingerprint density at radius 2 is 0.831 bits per heavy atom. The first-order chi connectivity index (χ1) is 32.2. The molecule has 0 aliphatic heterocycles. The number of hydrogen-bond acceptors (Lipinski definition) is 5. The Balaban J connectivity index is 1.11. The lowest BCUT2D eigenvalue weighted by Gasteiger charge is -2.14. The predicted molar refractivity (Wildman–Crippen MR) is 269 cm³/mol. The highest BCUT2D eigenvalue weighted by Gasteiger charge is 2.24. The van der Waals surface area contributed by atoms with Crippen molar-refractivity contribution >= 4 is 65.2 Å². The van der Waals surface area contributed by atoms with Gasteiger partial charge < -0.3 is 4.57 Å². The molecule has 65 heavy (non-hydrogen) atoms. The Labute approximate surface area is 378 Å². The minimum absolute atomic E-state index is 0.541. The number of hydrogen-bond donors (Lipinski definition) is 0. The van der Waals surface area contributed by atoms with E-state index in [9.17, 15) is 0 Å². The van der Waals surface area contributed by atoms with Crippen LogP contribution in [0.3, 0.4) is 0 Å². The smallest absolute Gasteiger partial charge is 0.238 e. The van der Waals surface area contributed by atoms with Crippen LogP contribution in [0.1, 0.15) is 0 Å². The molecule has 0 saturated heterocycles. The zero-order chi connectivity index (χ0) is 42.8. The van der Waals surface area contributed by atoms with Gasteiger partial charge in [0.1, 0.15) is 5.01 Å². The van der Waals surface area contributed by atoms with E-state index in [1.165, 1.54) is 10.1 Å². The van der Waals surface area contributed by atoms with Crippen LogP contribution in [-0.2, 0) is 0 Å². The van der Waals surface area contributed by atoms with Crippen LogP contribution in [0.5, 0.6) is 0 Å². The second kappa shape index (κ2) is 15.1. The lowest BCUT2D eigenvalue weighted by molar-refractivity contribution is 0.953. The van der Waals surface area contributed by atoms with Crippen molar-refractivity contribution in [1.82, 2.24) is 29.1 Å². The molecule has 4 heterocycles. The zero-order valence-electron chi connectivity index (χ0n) is 34.9. The van der Waals surface area contributed by atoms with Crippen molar-refractivity contribution in [2.24, 2.45) is 0 Å². The largest absolute Gasteiger partial charge is 0.307 e. The highest BCUT2D eigenvalue weighted by Crippen LogP contribution is 2.43. The summed E-state index contributed by atoms with van der Waals surface area (Å²) in [5.41, 5.74) is 13.6. The van der Waals surface area contributed by atoms with Crippen LogP contribution in [0.25, 0.3) is 121 Å². The Hall–Kier alpha value is -8.52. The van der Waals surface area contributed by atoms with Gasteiger partial charge in [-0.15, -0.1) is 11.3 Å². The fourth-order valence-corrected chi connectivity index (χ4v) is 10.4. The monoisotopic (exact) mass is 848 g/mol. The van der Waals surface area contributed by atoms with E-state index in [2.05, 4.69) is 203 Å². The van der Waals surface area contributed by atoms with E-state index in [0.717, 1.165) is 93.4 Å². The molecule has 4 aromatic heterocycles. The molecule has 7 heteroatoms. The molecule has 0 radical (unpaired) electrons. The third kappa shape index (κ3) is 6.24. The highest BCUT2D eigenvalue weighted by atomic mass is 32.1. The van der Waals surface area contributed by atoms with Crippen LogP contribution in [-0.4, -0.2) is 29.1 Å². The van der Waals surface area contributed by atoms with Crippen LogP contribution in [0.2, 0.25) is 0 Å². The van der Waals surface area contributed by atoms with Gasteiger partial charge in [-0.3, -0.25) is 4.57 Å². The van der Waals surface area contributed by atoms with E-state index in [4.69, 9.17) is 19.9 Å². The maximum Gasteiger partial charge on any atom is 0.238 e. The maximum atomic E-state index is 5.50. The second-order valence-electron chi connectivity index (χ2n) is 16.3. The van der Waals surface area contributed by atoms with Gasteiger partial charge in [-0.1, -0.05) is 164 Å². The van der Waals surface area contributed by atoms with Gasteiger partial charge in [0.25, 0.3) is 0 Å². The molecule has 13 aromatic rings. The molecule has 0 aliphatic rings. The van der Waals surface area contributed by atoms with Crippen molar-refractivity contribution in [3.63, 3.8) is 0 Å². The molecule has 0 amide bonds. The fourth-order valence-electron chi connectivity index (χ4n) is 9.41. The predicted octanol–water partition coefficient (Wildman–Crippen LogP) is 15.0. The summed E-state index contributed by atoms with van der Waals surface area (Å²) in [5.74, 6) is 1.73. The molecular formula is C58H36N6S. The van der Waals surface area contributed by atoms with E-state index in [1.807, 2.05) is 24.3 Å². The minimum Gasteiger partial charge on any atom is -0.307 e. The summed E-state index contributed by atoms with van der Waals surface area (Å²) >= 11 is 1.72. The van der Waals surface area contributed by atoms with Crippen LogP contribution in [0.4, 0.5) is 0 Å². The summed E-state index contributed by atoms with van der Waals surface area (Å²) in [6.45, 7) is 0. The molecule has 13 rings (SSSR count). The van der Waals surface area contributed by atoms with Gasteiger partial charge in [-0.2, -0.15) is 9.97 Å². The topological polar surface area (TPSA) is 61.4 Å². The summed E-state index contributed by atoms with van der Waals surface area (Å²) in [6.07, 6.45) is 0. The molecule has 9 aromatic carbocycles. The van der Waals surface area contributed by atoms with Gasteiger partial charge in [0.05, 0.1) is 32.3 Å². The number of aromatic nitrogens is 6. The van der Waals surface area contributed by atoms with Gasteiger partial charge in [0.2, 0.25) is 5.95 Å². The number of rotatable bonds is 7. The first-order valence-corrected chi connectivity index (χ1v) is 22.5. The summed E-state index contributed by atoms with van der Waals surface area (Å²) < 4.78 is 5.84. The second-order valence-corrected chi connectivity index (χ2v) is 17.3. The maximum absolute atomic E-state index is 5.50. The van der Waals surface area contributed by atoms with E-state index in [1.54, 1.807) is 11.3 Å². The summed E-state index contributed by atoms with van der Waals surface area (Å²) in [4.78, 5) is 21.2. The molecule has 6 nitrogen and oxygen atoms in total. The van der Waals surface area contributed by atoms with Crippen LogP contribution in [0.15, 0.2) is 218 Å². The van der Waals surface area contributed by atoms with Crippen molar-refractivity contribution in [3.05, 3.63) is 218 Å². The van der Waals surface area contributed by atoms with Gasteiger partial charge in [-0.25, -0.2) is 9.97 Å². The van der Waals surface area contributed by atoms with Gasteiger partial charge in [-0.05, 0) is 76.9 Å². The minimum atomic E-state index is 0.541. The van der Waals surface area contributed by atoms with Crippen molar-refractivity contribution in [1.29, 1.82) is 0 Å². The number of para-hydroxylation sites is 3. The number of nitrogens with zero attached hydrogens (tertiary/aromatic N) is 6. The van der Waals surface area contributed by atoms with E-state index < -0.39 is 0 Å². The molecule has 0 spiro atoms. The SMILES string of the molecule is c1ccc(-c2cc(-c3ccccc3)cc(-c3nc(-c4ccccc4)nc(-n4c5ccccc5c5ccc6c7ccccc7n(-c7cccc(-c8nc9ccccc9s8)c7)c6c54)n3)c2)cc1. The molecule has 304 valence electrons. The first-order valence-electron chi connectivity index (χ1n) is 21.7. The fraction of sp³-hybridized carbons (Fsp3) is 0. The third-order valence-corrected chi connectivity index (χ3v) is 13.5. The summed E-state index contributed by atoms with van der Waals surface area (Å²) in [7, 11) is 0. The quantitative estimate of drug-likeness (QED) is 0.160. The highest BCUT2D eigenvalue weighted by molar-refractivity contribution is 7.21. The van der Waals surface area contributed by atoms with E-state index >= 15 is 0 Å². The summed E-state index contributed by atoms with van der Waals surface area (Å²) in [5, 5.41) is 5.53. The zero-order valence-corrected chi connectivity index (χ0v) is 35.7. The number of benzene rings is 9. The van der Waals surface area contributed by atoms with Crippen molar-refractivity contribution in [2.75, 3.05) is 0 Å². The van der Waals surface area contributed by atoms with E-state index in [-0.39, 0.29) is 0 Å². The molecular weight excluding hydrogens is 813 g/mol. The average molecular weight is 849 g/mol. The van der Waals surface area contributed by atoms with Crippen molar-refractivity contribution in [2.45, 2.75) is 0 Å². The molecule has 0 atom stereocenters. The molecule has 0 saturated carbocycles. The lowest BCUT2D eigenvalue weighted by atomic mass is 9.96. The van der Waals surface area contributed by atoms with Crippen molar-refractivity contribution < 1.29 is 0 Å². The van der Waals surface area contributed by atoms with Crippen LogP contribution in [0, 0.1) is 0 Å². The first kappa shape index (κ1) is 37.1. The van der Waals surface area contributed by atoms with Gasteiger partial charge in [0.15, 0.2) is 11.6 Å². The average Bonchev–Trinajstić information content (AvgIpc) is 4.08. The molecule has 0 unspecified atom stereocenters. The Bertz CT molecular complexity index is 3850. The third-order valence-electron chi connectivity index (χ3n) is 12.4. The van der Waals surface area contributed by atoms with Gasteiger partial charge >= 0.3 is 0 Å². The molecule has 0 N–H and O–H groups in total. The molecule has 0 fully saturated rings. The van der Waals surface area contributed by atoms with Crippen molar-refractivity contribution in [3.8, 4) is 67.2 Å². The lowest BCUT2D eigenvalue weighted by Crippen LogP contribution is -2.07. The Kier molecular flexibility index (Phi) is 8.60. The summed E-state index contributed by atoms with van der Waals surface area (Å²) in [6, 6.07) is 76.9. The number of fused-ring (bicyclic) bond motifs is 8. The van der Waals surface area contributed by atoms with Crippen LogP contribution < -0.4 is 0 Å². The normalized spacial score (nSPS) is 11.7. The van der Waals surface area contributed by atoms with Crippen LogP contribution >= 0.6 is 11.3 Å². The molecule has 0 bridgehead atoms. The Morgan fingerprint density at radius 3 is 1.48 bits per heavy atom.